The van der Waals surface area contributed by atoms with E-state index in [4.69, 9.17) is 4.74 Å². The van der Waals surface area contributed by atoms with Crippen LogP contribution < -0.4 is 10.1 Å². The van der Waals surface area contributed by atoms with E-state index in [1.807, 2.05) is 43.3 Å². The first-order valence-electron chi connectivity index (χ1n) is 8.47. The molecule has 5 heteroatoms. The van der Waals surface area contributed by atoms with Gasteiger partial charge in [-0.2, -0.15) is 0 Å². The molecule has 0 bridgehead atoms. The van der Waals surface area contributed by atoms with E-state index in [9.17, 15) is 9.59 Å². The molecule has 1 amide bonds. The van der Waals surface area contributed by atoms with E-state index in [2.05, 4.69) is 32.2 Å². The first-order valence-corrected chi connectivity index (χ1v) is 9.46. The topological polar surface area (TPSA) is 55.4 Å². The number of anilines is 1. The molecule has 26 heavy (non-hydrogen) atoms. The van der Waals surface area contributed by atoms with Gasteiger partial charge in [0, 0.05) is 17.5 Å². The lowest BCUT2D eigenvalue weighted by Crippen LogP contribution is -2.14. The molecule has 2 aromatic carbocycles. The van der Waals surface area contributed by atoms with Crippen molar-refractivity contribution in [2.45, 2.75) is 44.9 Å². The van der Waals surface area contributed by atoms with E-state index in [1.165, 1.54) is 24.2 Å². The highest BCUT2D eigenvalue weighted by Crippen LogP contribution is 2.28. The third-order valence-electron chi connectivity index (χ3n) is 3.80. The van der Waals surface area contributed by atoms with E-state index in [1.54, 1.807) is 0 Å². The summed E-state index contributed by atoms with van der Waals surface area (Å²) in [5.41, 5.74) is 2.96. The van der Waals surface area contributed by atoms with Gasteiger partial charge in [0.15, 0.2) is 0 Å². The summed E-state index contributed by atoms with van der Waals surface area (Å²) < 4.78 is 5.49. The number of hydrogen-bond acceptors (Lipinski definition) is 4. The summed E-state index contributed by atoms with van der Waals surface area (Å²) in [4.78, 5) is 24.1. The molecule has 0 radical (unpaired) electrons. The van der Waals surface area contributed by atoms with Crippen molar-refractivity contribution in [2.24, 2.45) is 0 Å². The second-order valence-electron chi connectivity index (χ2n) is 7.20. The van der Waals surface area contributed by atoms with Crippen molar-refractivity contribution in [3.63, 3.8) is 0 Å². The quantitative estimate of drug-likeness (QED) is 0.459. The van der Waals surface area contributed by atoms with Crippen LogP contribution in [0.5, 0.6) is 5.75 Å². The lowest BCUT2D eigenvalue weighted by molar-refractivity contribution is -0.131. The third-order valence-corrected chi connectivity index (χ3v) is 4.78. The van der Waals surface area contributed by atoms with Gasteiger partial charge in [-0.1, -0.05) is 32.9 Å². The van der Waals surface area contributed by atoms with Gasteiger partial charge in [0.1, 0.15) is 5.75 Å². The SMILES string of the molecule is CC(=O)Nc1ccc(SCC(=O)Oc2ccc(C(C)(C)C)cc2C)cc1. The monoisotopic (exact) mass is 371 g/mol. The Morgan fingerprint density at radius 1 is 1.08 bits per heavy atom. The molecule has 0 aromatic heterocycles. The molecule has 0 atom stereocenters. The number of rotatable bonds is 5. The highest BCUT2D eigenvalue weighted by Gasteiger charge is 2.16. The Morgan fingerprint density at radius 2 is 1.73 bits per heavy atom. The number of benzene rings is 2. The van der Waals surface area contributed by atoms with Gasteiger partial charge in [-0.3, -0.25) is 9.59 Å². The van der Waals surface area contributed by atoms with Crippen molar-refractivity contribution in [3.05, 3.63) is 53.6 Å². The summed E-state index contributed by atoms with van der Waals surface area (Å²) in [6.07, 6.45) is 0. The number of amides is 1. The average Bonchev–Trinajstić information content (AvgIpc) is 2.54. The Hall–Kier alpha value is -2.27. The fraction of sp³-hybridized carbons (Fsp3) is 0.333. The minimum Gasteiger partial charge on any atom is -0.426 e. The molecule has 0 fully saturated rings. The second-order valence-corrected chi connectivity index (χ2v) is 8.25. The van der Waals surface area contributed by atoms with E-state index in [0.717, 1.165) is 16.1 Å². The highest BCUT2D eigenvalue weighted by atomic mass is 32.2. The molecular formula is C21H25NO3S. The van der Waals surface area contributed by atoms with Crippen LogP contribution in [-0.4, -0.2) is 17.6 Å². The Balaban J connectivity index is 1.92. The molecule has 0 aliphatic rings. The fourth-order valence-electron chi connectivity index (χ4n) is 2.36. The number of carbonyl (C=O) groups is 2. The Labute approximate surface area is 159 Å². The zero-order valence-corrected chi connectivity index (χ0v) is 16.7. The van der Waals surface area contributed by atoms with Gasteiger partial charge in [-0.15, -0.1) is 11.8 Å². The molecule has 138 valence electrons. The minimum atomic E-state index is -0.285. The largest absolute Gasteiger partial charge is 0.426 e. The van der Waals surface area contributed by atoms with E-state index < -0.39 is 0 Å². The molecule has 2 rings (SSSR count). The van der Waals surface area contributed by atoms with Gasteiger partial charge in [0.2, 0.25) is 5.91 Å². The lowest BCUT2D eigenvalue weighted by Gasteiger charge is -2.20. The molecule has 0 saturated heterocycles. The summed E-state index contributed by atoms with van der Waals surface area (Å²) in [6, 6.07) is 13.3. The number of esters is 1. The number of hydrogen-bond donors (Lipinski definition) is 1. The summed E-state index contributed by atoms with van der Waals surface area (Å²) >= 11 is 1.40. The van der Waals surface area contributed by atoms with Crippen molar-refractivity contribution in [3.8, 4) is 5.75 Å². The normalized spacial score (nSPS) is 11.1. The van der Waals surface area contributed by atoms with Gasteiger partial charge < -0.3 is 10.1 Å². The zero-order valence-electron chi connectivity index (χ0n) is 15.9. The molecule has 0 aliphatic carbocycles. The lowest BCUT2D eigenvalue weighted by atomic mass is 9.86. The molecule has 4 nitrogen and oxygen atoms in total. The number of aryl methyl sites for hydroxylation is 1. The van der Waals surface area contributed by atoms with Crippen LogP contribution >= 0.6 is 11.8 Å². The van der Waals surface area contributed by atoms with Crippen molar-refractivity contribution < 1.29 is 14.3 Å². The number of thioether (sulfide) groups is 1. The molecule has 1 N–H and O–H groups in total. The fourth-order valence-corrected chi connectivity index (χ4v) is 3.03. The maximum absolute atomic E-state index is 12.1. The van der Waals surface area contributed by atoms with Crippen molar-refractivity contribution >= 4 is 29.3 Å². The second kappa shape index (κ2) is 8.41. The van der Waals surface area contributed by atoms with E-state index in [-0.39, 0.29) is 23.0 Å². The molecule has 0 unspecified atom stereocenters. The maximum atomic E-state index is 12.1. The van der Waals surface area contributed by atoms with Crippen LogP contribution in [0.15, 0.2) is 47.4 Å². The minimum absolute atomic E-state index is 0.0621. The Kier molecular flexibility index (Phi) is 6.48. The van der Waals surface area contributed by atoms with Crippen molar-refractivity contribution in [1.82, 2.24) is 0 Å². The van der Waals surface area contributed by atoms with Gasteiger partial charge in [-0.25, -0.2) is 0 Å². The number of ether oxygens (including phenoxy) is 1. The summed E-state index contributed by atoms with van der Waals surface area (Å²) in [5, 5.41) is 2.71. The van der Waals surface area contributed by atoms with Crippen LogP contribution in [0.25, 0.3) is 0 Å². The maximum Gasteiger partial charge on any atom is 0.321 e. The molecule has 0 heterocycles. The van der Waals surface area contributed by atoms with Crippen LogP contribution in [0, 0.1) is 6.92 Å². The van der Waals surface area contributed by atoms with Crippen molar-refractivity contribution in [1.29, 1.82) is 0 Å². The number of carbonyl (C=O) groups excluding carboxylic acids is 2. The van der Waals surface area contributed by atoms with Crippen LogP contribution in [-0.2, 0) is 15.0 Å². The molecule has 0 aliphatic heterocycles. The zero-order chi connectivity index (χ0) is 19.3. The van der Waals surface area contributed by atoms with Crippen LogP contribution in [0.3, 0.4) is 0 Å². The van der Waals surface area contributed by atoms with Crippen LogP contribution in [0.1, 0.15) is 38.8 Å². The van der Waals surface area contributed by atoms with Gasteiger partial charge >= 0.3 is 5.97 Å². The summed E-state index contributed by atoms with van der Waals surface area (Å²) in [6.45, 7) is 9.88. The Bertz CT molecular complexity index is 792. The van der Waals surface area contributed by atoms with Crippen molar-refractivity contribution in [2.75, 3.05) is 11.1 Å². The third kappa shape index (κ3) is 5.92. The Morgan fingerprint density at radius 3 is 2.27 bits per heavy atom. The smallest absolute Gasteiger partial charge is 0.321 e. The van der Waals surface area contributed by atoms with Gasteiger partial charge in [0.05, 0.1) is 5.75 Å². The van der Waals surface area contributed by atoms with Gasteiger partial charge in [0.25, 0.3) is 0 Å². The van der Waals surface area contributed by atoms with E-state index in [0.29, 0.717) is 5.75 Å². The highest BCUT2D eigenvalue weighted by molar-refractivity contribution is 8.00. The summed E-state index contributed by atoms with van der Waals surface area (Å²) in [7, 11) is 0. The first kappa shape index (κ1) is 20.0. The predicted molar refractivity (Wildman–Crippen MR) is 107 cm³/mol. The molecule has 0 spiro atoms. The van der Waals surface area contributed by atoms with Crippen LogP contribution in [0.4, 0.5) is 5.69 Å². The predicted octanol–water partition coefficient (Wildman–Crippen LogP) is 4.95. The average molecular weight is 372 g/mol. The standard InChI is InChI=1S/C21H25NO3S/c1-14-12-16(21(3,4)5)6-11-19(14)25-20(24)13-26-18-9-7-17(8-10-18)22-15(2)23/h6-12H,13H2,1-5H3,(H,22,23). The summed E-state index contributed by atoms with van der Waals surface area (Å²) in [5.74, 6) is 0.430. The van der Waals surface area contributed by atoms with E-state index >= 15 is 0 Å². The van der Waals surface area contributed by atoms with Gasteiger partial charge in [-0.05, 0) is 53.8 Å². The number of nitrogens with one attached hydrogen (secondary N) is 1. The first-order chi connectivity index (χ1) is 12.1. The molecule has 0 saturated carbocycles. The molecular weight excluding hydrogens is 346 g/mol. The van der Waals surface area contributed by atoms with Crippen LogP contribution in [0.2, 0.25) is 0 Å². The molecule has 2 aromatic rings.